The van der Waals surface area contributed by atoms with Crippen molar-refractivity contribution in [2.75, 3.05) is 6.61 Å². The molecule has 0 rings (SSSR count). The molecule has 0 aromatic carbocycles. The third-order valence-electron chi connectivity index (χ3n) is 1.09. The summed E-state index contributed by atoms with van der Waals surface area (Å²) in [5, 5.41) is 8.51. The van der Waals surface area contributed by atoms with Gasteiger partial charge in [-0.3, -0.25) is 4.52 Å². The lowest BCUT2D eigenvalue weighted by Crippen LogP contribution is -2.25. The van der Waals surface area contributed by atoms with Crippen LogP contribution in [0.5, 0.6) is 0 Å². The molecule has 0 aliphatic carbocycles. The Kier molecular flexibility index (Phi) is 3.67. The Morgan fingerprint density at radius 3 is 2.36 bits per heavy atom. The van der Waals surface area contributed by atoms with E-state index >= 15 is 0 Å². The van der Waals surface area contributed by atoms with Crippen LogP contribution in [0.3, 0.4) is 0 Å². The summed E-state index contributed by atoms with van der Waals surface area (Å²) in [5.41, 5.74) is 3.91. The van der Waals surface area contributed by atoms with E-state index in [1.807, 2.05) is 0 Å². The number of hydrogen-bond donors (Lipinski definition) is 3. The van der Waals surface area contributed by atoms with E-state index in [1.54, 1.807) is 13.8 Å². The van der Waals surface area contributed by atoms with E-state index in [4.69, 9.17) is 15.5 Å². The standard InChI is InChI=1S/C5H14NO4P/c1-5(2,3-4-7)10-11(6,8)9/h7H,3-4H2,1-2H3,(H3,6,8,9). The molecule has 0 aromatic heterocycles. The number of nitrogens with two attached hydrogens (primary N) is 1. The van der Waals surface area contributed by atoms with Gasteiger partial charge in [0.2, 0.25) is 0 Å². The Morgan fingerprint density at radius 2 is 2.09 bits per heavy atom. The average Bonchev–Trinajstić information content (AvgIpc) is 1.55. The van der Waals surface area contributed by atoms with E-state index in [1.165, 1.54) is 0 Å². The molecule has 1 unspecified atom stereocenters. The van der Waals surface area contributed by atoms with Crippen molar-refractivity contribution in [2.24, 2.45) is 5.50 Å². The van der Waals surface area contributed by atoms with Crippen molar-refractivity contribution >= 4 is 7.75 Å². The van der Waals surface area contributed by atoms with Gasteiger partial charge >= 0.3 is 7.75 Å². The average molecular weight is 183 g/mol. The molecule has 0 saturated carbocycles. The van der Waals surface area contributed by atoms with Gasteiger partial charge in [0.1, 0.15) is 0 Å². The summed E-state index contributed by atoms with van der Waals surface area (Å²) in [6.45, 7) is 3.06. The normalized spacial score (nSPS) is 17.9. The van der Waals surface area contributed by atoms with E-state index in [9.17, 15) is 4.57 Å². The number of aliphatic hydroxyl groups excluding tert-OH is 1. The quantitative estimate of drug-likeness (QED) is 0.542. The molecule has 0 saturated heterocycles. The Labute approximate surface area is 65.8 Å². The molecule has 0 amide bonds. The highest BCUT2D eigenvalue weighted by atomic mass is 31.2. The highest BCUT2D eigenvalue weighted by Gasteiger charge is 2.26. The Balaban J connectivity index is 4.02. The van der Waals surface area contributed by atoms with Gasteiger partial charge in [0.15, 0.2) is 0 Å². The zero-order chi connectivity index (χ0) is 9.12. The fourth-order valence-electron chi connectivity index (χ4n) is 0.669. The third kappa shape index (κ3) is 6.47. The number of aliphatic hydroxyl groups is 1. The molecule has 5 nitrogen and oxygen atoms in total. The molecule has 0 bridgehead atoms. The topological polar surface area (TPSA) is 92.8 Å². The minimum atomic E-state index is -3.93. The zero-order valence-electron chi connectivity index (χ0n) is 6.65. The van der Waals surface area contributed by atoms with Crippen LogP contribution in [-0.4, -0.2) is 22.2 Å². The lowest BCUT2D eigenvalue weighted by molar-refractivity contribution is 0.0644. The van der Waals surface area contributed by atoms with Gasteiger partial charge in [-0.25, -0.2) is 10.1 Å². The lowest BCUT2D eigenvalue weighted by atomic mass is 10.1. The molecule has 0 aliphatic heterocycles. The van der Waals surface area contributed by atoms with Crippen molar-refractivity contribution < 1.29 is 19.1 Å². The number of hydrogen-bond acceptors (Lipinski definition) is 3. The van der Waals surface area contributed by atoms with Crippen LogP contribution in [0.2, 0.25) is 0 Å². The monoisotopic (exact) mass is 183 g/mol. The van der Waals surface area contributed by atoms with Gasteiger partial charge in [-0.05, 0) is 20.3 Å². The van der Waals surface area contributed by atoms with Crippen molar-refractivity contribution in [1.82, 2.24) is 0 Å². The van der Waals surface area contributed by atoms with Crippen molar-refractivity contribution in [2.45, 2.75) is 25.9 Å². The largest absolute Gasteiger partial charge is 0.400 e. The van der Waals surface area contributed by atoms with Gasteiger partial charge in [-0.15, -0.1) is 0 Å². The summed E-state index contributed by atoms with van der Waals surface area (Å²) < 4.78 is 15.1. The van der Waals surface area contributed by atoms with Gasteiger partial charge < -0.3 is 10.00 Å². The molecule has 4 N–H and O–H groups in total. The Bertz CT molecular complexity index is 164. The maximum Gasteiger partial charge on any atom is 0.400 e. The van der Waals surface area contributed by atoms with E-state index in [2.05, 4.69) is 4.52 Å². The van der Waals surface area contributed by atoms with Crippen LogP contribution < -0.4 is 5.50 Å². The van der Waals surface area contributed by atoms with Crippen LogP contribution in [-0.2, 0) is 9.09 Å². The zero-order valence-corrected chi connectivity index (χ0v) is 7.54. The molecule has 1 atom stereocenters. The molecule has 0 aromatic rings. The molecule has 0 aliphatic rings. The summed E-state index contributed by atoms with van der Waals surface area (Å²) in [7, 11) is -3.93. The second-order valence-corrected chi connectivity index (χ2v) is 4.20. The van der Waals surface area contributed by atoms with Crippen LogP contribution in [0, 0.1) is 0 Å². The first-order valence-corrected chi connectivity index (χ1v) is 4.84. The predicted octanol–water partition coefficient (Wildman–Crippen LogP) is 0.223. The fraction of sp³-hybridized carbons (Fsp3) is 1.00. The van der Waals surface area contributed by atoms with E-state index in [0.717, 1.165) is 0 Å². The molecule has 0 heterocycles. The first-order chi connectivity index (χ1) is 4.77. The van der Waals surface area contributed by atoms with Gasteiger partial charge in [0, 0.05) is 6.61 Å². The van der Waals surface area contributed by atoms with Gasteiger partial charge in [0.25, 0.3) is 0 Å². The third-order valence-corrected chi connectivity index (χ3v) is 1.85. The summed E-state index contributed by atoms with van der Waals surface area (Å²) in [4.78, 5) is 8.61. The van der Waals surface area contributed by atoms with Crippen LogP contribution in [0.15, 0.2) is 0 Å². The fourth-order valence-corrected chi connectivity index (χ4v) is 1.47. The van der Waals surface area contributed by atoms with E-state index < -0.39 is 13.3 Å². The predicted molar refractivity (Wildman–Crippen MR) is 40.9 cm³/mol. The van der Waals surface area contributed by atoms with Gasteiger partial charge in [-0.1, -0.05) is 0 Å². The summed E-state index contributed by atoms with van der Waals surface area (Å²) in [6, 6.07) is 0. The molecule has 68 valence electrons. The van der Waals surface area contributed by atoms with Crippen molar-refractivity contribution in [3.8, 4) is 0 Å². The Hall–Kier alpha value is 0.0700. The molecular formula is C5H14NO4P. The highest BCUT2D eigenvalue weighted by molar-refractivity contribution is 7.50. The maximum atomic E-state index is 10.5. The first-order valence-electron chi connectivity index (χ1n) is 3.20. The molecule has 11 heavy (non-hydrogen) atoms. The lowest BCUT2D eigenvalue weighted by Gasteiger charge is -2.24. The van der Waals surface area contributed by atoms with Crippen LogP contribution in [0.1, 0.15) is 20.3 Å². The van der Waals surface area contributed by atoms with Crippen molar-refractivity contribution in [1.29, 1.82) is 0 Å². The van der Waals surface area contributed by atoms with Crippen molar-refractivity contribution in [3.05, 3.63) is 0 Å². The SMILES string of the molecule is CC(C)(CCO)OP(N)(=O)O. The molecule has 6 heteroatoms. The van der Waals surface area contributed by atoms with Crippen LogP contribution >= 0.6 is 7.75 Å². The second-order valence-electron chi connectivity index (χ2n) is 2.89. The molecular weight excluding hydrogens is 169 g/mol. The minimum Gasteiger partial charge on any atom is -0.396 e. The summed E-state index contributed by atoms with van der Waals surface area (Å²) in [6.07, 6.45) is 0.273. The van der Waals surface area contributed by atoms with Crippen LogP contribution in [0.25, 0.3) is 0 Å². The second kappa shape index (κ2) is 3.65. The summed E-state index contributed by atoms with van der Waals surface area (Å²) in [5.74, 6) is 0. The van der Waals surface area contributed by atoms with Crippen molar-refractivity contribution in [3.63, 3.8) is 0 Å². The van der Waals surface area contributed by atoms with E-state index in [-0.39, 0.29) is 13.0 Å². The highest BCUT2D eigenvalue weighted by Crippen LogP contribution is 2.38. The molecule has 0 radical (unpaired) electrons. The van der Waals surface area contributed by atoms with Gasteiger partial charge in [0.05, 0.1) is 5.60 Å². The molecule has 0 spiro atoms. The van der Waals surface area contributed by atoms with Gasteiger partial charge in [-0.2, -0.15) is 0 Å². The van der Waals surface area contributed by atoms with E-state index in [0.29, 0.717) is 0 Å². The first kappa shape index (κ1) is 11.1. The summed E-state index contributed by atoms with van der Waals surface area (Å²) >= 11 is 0. The maximum absolute atomic E-state index is 10.5. The molecule has 0 fully saturated rings. The smallest absolute Gasteiger partial charge is 0.396 e. The number of rotatable bonds is 4. The Morgan fingerprint density at radius 1 is 1.64 bits per heavy atom. The minimum absolute atomic E-state index is 0.104. The van der Waals surface area contributed by atoms with Crippen LogP contribution in [0.4, 0.5) is 0 Å².